The summed E-state index contributed by atoms with van der Waals surface area (Å²) in [6, 6.07) is 6.23. The Morgan fingerprint density at radius 2 is 1.75 bits per heavy atom. The van der Waals surface area contributed by atoms with Gasteiger partial charge in [-0.2, -0.15) is 0 Å². The van der Waals surface area contributed by atoms with Gasteiger partial charge in [-0.25, -0.2) is 0 Å². The average molecular weight is 218 g/mol. The van der Waals surface area contributed by atoms with Crippen LogP contribution in [-0.4, -0.2) is 32.6 Å². The molecule has 0 aliphatic rings. The zero-order valence-corrected chi connectivity index (χ0v) is 10.3. The van der Waals surface area contributed by atoms with E-state index in [1.54, 1.807) is 20.4 Å². The Labute approximate surface area is 96.9 Å². The highest BCUT2D eigenvalue weighted by Crippen LogP contribution is 2.15. The Morgan fingerprint density at radius 1 is 1.12 bits per heavy atom. The number of methoxy groups -OCH3 is 1. The van der Waals surface area contributed by atoms with Crippen molar-refractivity contribution in [1.82, 2.24) is 0 Å². The van der Waals surface area contributed by atoms with Gasteiger partial charge in [0.15, 0.2) is 0 Å². The van der Waals surface area contributed by atoms with Crippen LogP contribution in [0.2, 0.25) is 0 Å². The molecule has 0 saturated carbocycles. The van der Waals surface area contributed by atoms with E-state index < -0.39 is 0 Å². The lowest BCUT2D eigenvalue weighted by Crippen LogP contribution is -1.94. The first-order chi connectivity index (χ1) is 7.65. The molecule has 1 aromatic carbocycles. The highest BCUT2D eigenvalue weighted by molar-refractivity contribution is 5.87. The summed E-state index contributed by atoms with van der Waals surface area (Å²) in [5.74, 6) is 0.822. The van der Waals surface area contributed by atoms with Crippen molar-refractivity contribution in [2.45, 2.75) is 19.9 Å². The molecule has 3 heteroatoms. The zero-order valence-electron chi connectivity index (χ0n) is 10.3. The standard InChI is InChI=1S/C13H18N2O/c1-10(2)15-9-12-5-11(8-14-3)6-13(7-12)16-4/h5-10H,1-4H3/b14-8+,15-9+. The molecule has 0 atom stereocenters. The summed E-state index contributed by atoms with van der Waals surface area (Å²) in [6.45, 7) is 4.09. The maximum Gasteiger partial charge on any atom is 0.120 e. The monoisotopic (exact) mass is 218 g/mol. The number of hydrogen-bond donors (Lipinski definition) is 0. The minimum Gasteiger partial charge on any atom is -0.497 e. The van der Waals surface area contributed by atoms with Crippen molar-refractivity contribution in [3.63, 3.8) is 0 Å². The fourth-order valence-electron chi connectivity index (χ4n) is 1.30. The summed E-state index contributed by atoms with van der Waals surface area (Å²) in [5.41, 5.74) is 2.05. The Hall–Kier alpha value is -1.64. The van der Waals surface area contributed by atoms with Gasteiger partial charge in [0.2, 0.25) is 0 Å². The lowest BCUT2D eigenvalue weighted by atomic mass is 10.1. The molecule has 0 bridgehead atoms. The summed E-state index contributed by atoms with van der Waals surface area (Å²) < 4.78 is 5.23. The molecule has 3 nitrogen and oxygen atoms in total. The molecule has 0 aliphatic carbocycles. The summed E-state index contributed by atoms with van der Waals surface area (Å²) in [4.78, 5) is 8.34. The van der Waals surface area contributed by atoms with Crippen LogP contribution >= 0.6 is 0 Å². The van der Waals surface area contributed by atoms with E-state index >= 15 is 0 Å². The number of ether oxygens (including phenoxy) is 1. The molecule has 0 amide bonds. The van der Waals surface area contributed by atoms with E-state index in [1.165, 1.54) is 0 Å². The topological polar surface area (TPSA) is 34.0 Å². The first-order valence-corrected chi connectivity index (χ1v) is 5.30. The fraction of sp³-hybridized carbons (Fsp3) is 0.385. The third kappa shape index (κ3) is 3.85. The van der Waals surface area contributed by atoms with Crippen LogP contribution in [-0.2, 0) is 0 Å². The normalized spacial score (nSPS) is 11.8. The molecule has 1 aromatic rings. The Bertz CT molecular complexity index is 395. The maximum absolute atomic E-state index is 5.23. The van der Waals surface area contributed by atoms with Crippen LogP contribution < -0.4 is 4.74 Å². The molecule has 0 unspecified atom stereocenters. The first-order valence-electron chi connectivity index (χ1n) is 5.30. The molecule has 0 radical (unpaired) electrons. The first kappa shape index (κ1) is 12.4. The summed E-state index contributed by atoms with van der Waals surface area (Å²) in [7, 11) is 3.41. The highest BCUT2D eigenvalue weighted by Gasteiger charge is 1.98. The van der Waals surface area contributed by atoms with Crippen molar-refractivity contribution in [1.29, 1.82) is 0 Å². The number of aliphatic imine (C=N–C) groups is 2. The van der Waals surface area contributed by atoms with Crippen LogP contribution in [0.4, 0.5) is 0 Å². The molecule has 86 valence electrons. The molecule has 0 aliphatic heterocycles. The summed E-state index contributed by atoms with van der Waals surface area (Å²) in [5, 5.41) is 0. The van der Waals surface area contributed by atoms with Gasteiger partial charge >= 0.3 is 0 Å². The Morgan fingerprint density at radius 3 is 2.25 bits per heavy atom. The smallest absolute Gasteiger partial charge is 0.120 e. The van der Waals surface area contributed by atoms with Gasteiger partial charge in [0.25, 0.3) is 0 Å². The molecule has 16 heavy (non-hydrogen) atoms. The third-order valence-electron chi connectivity index (χ3n) is 1.99. The third-order valence-corrected chi connectivity index (χ3v) is 1.99. The molecule has 0 heterocycles. The second kappa shape index (κ2) is 6.05. The van der Waals surface area contributed by atoms with E-state index in [1.807, 2.05) is 38.3 Å². The maximum atomic E-state index is 5.23. The van der Waals surface area contributed by atoms with Gasteiger partial charge in [-0.15, -0.1) is 0 Å². The number of rotatable bonds is 4. The van der Waals surface area contributed by atoms with E-state index in [0.29, 0.717) is 6.04 Å². The number of hydrogen-bond acceptors (Lipinski definition) is 3. The molecular weight excluding hydrogens is 200 g/mol. The SMILES string of the molecule is C/N=C/c1cc(/C=N/C(C)C)cc(OC)c1. The molecule has 1 rings (SSSR count). The predicted octanol–water partition coefficient (Wildman–Crippen LogP) is 2.57. The van der Waals surface area contributed by atoms with Gasteiger partial charge < -0.3 is 4.74 Å². The van der Waals surface area contributed by atoms with Crippen LogP contribution in [0.15, 0.2) is 28.2 Å². The van der Waals surface area contributed by atoms with E-state index in [4.69, 9.17) is 4.74 Å². The van der Waals surface area contributed by atoms with Crippen molar-refractivity contribution in [2.75, 3.05) is 14.2 Å². The van der Waals surface area contributed by atoms with Crippen molar-refractivity contribution in [3.8, 4) is 5.75 Å². The Kier molecular flexibility index (Phi) is 4.70. The largest absolute Gasteiger partial charge is 0.497 e. The zero-order chi connectivity index (χ0) is 12.0. The lowest BCUT2D eigenvalue weighted by molar-refractivity contribution is 0.414. The van der Waals surface area contributed by atoms with Crippen LogP contribution in [0.3, 0.4) is 0 Å². The minimum atomic E-state index is 0.300. The quantitative estimate of drug-likeness (QED) is 0.715. The van der Waals surface area contributed by atoms with Crippen molar-refractivity contribution >= 4 is 12.4 Å². The molecule has 0 aromatic heterocycles. The number of benzene rings is 1. The van der Waals surface area contributed by atoms with Crippen LogP contribution in [0.25, 0.3) is 0 Å². The van der Waals surface area contributed by atoms with E-state index in [2.05, 4.69) is 9.98 Å². The van der Waals surface area contributed by atoms with Gasteiger partial charge in [0.05, 0.1) is 7.11 Å². The second-order valence-corrected chi connectivity index (χ2v) is 3.80. The van der Waals surface area contributed by atoms with Gasteiger partial charge in [-0.3, -0.25) is 9.98 Å². The van der Waals surface area contributed by atoms with Crippen LogP contribution in [0, 0.1) is 0 Å². The van der Waals surface area contributed by atoms with Gasteiger partial charge in [-0.05, 0) is 43.2 Å². The van der Waals surface area contributed by atoms with Gasteiger partial charge in [0, 0.05) is 25.5 Å². The summed E-state index contributed by atoms with van der Waals surface area (Å²) >= 11 is 0. The lowest BCUT2D eigenvalue weighted by Gasteiger charge is -2.03. The van der Waals surface area contributed by atoms with E-state index in [0.717, 1.165) is 16.9 Å². The van der Waals surface area contributed by atoms with E-state index in [-0.39, 0.29) is 0 Å². The molecule has 0 spiro atoms. The highest BCUT2D eigenvalue weighted by atomic mass is 16.5. The Balaban J connectivity index is 3.04. The van der Waals surface area contributed by atoms with Crippen molar-refractivity contribution in [3.05, 3.63) is 29.3 Å². The molecule has 0 saturated heterocycles. The molecule has 0 fully saturated rings. The van der Waals surface area contributed by atoms with E-state index in [9.17, 15) is 0 Å². The molecular formula is C13H18N2O. The van der Waals surface area contributed by atoms with Crippen molar-refractivity contribution < 1.29 is 4.74 Å². The van der Waals surface area contributed by atoms with Crippen LogP contribution in [0.5, 0.6) is 5.75 Å². The average Bonchev–Trinajstić information content (AvgIpc) is 2.26. The van der Waals surface area contributed by atoms with Crippen molar-refractivity contribution in [2.24, 2.45) is 9.98 Å². The second-order valence-electron chi connectivity index (χ2n) is 3.80. The predicted molar refractivity (Wildman–Crippen MR) is 69.2 cm³/mol. The van der Waals surface area contributed by atoms with Gasteiger partial charge in [0.1, 0.15) is 5.75 Å². The van der Waals surface area contributed by atoms with Crippen LogP contribution in [0.1, 0.15) is 25.0 Å². The number of nitrogens with zero attached hydrogens (tertiary/aromatic N) is 2. The van der Waals surface area contributed by atoms with Gasteiger partial charge in [-0.1, -0.05) is 0 Å². The minimum absolute atomic E-state index is 0.300. The molecule has 0 N–H and O–H groups in total. The fourth-order valence-corrected chi connectivity index (χ4v) is 1.30. The summed E-state index contributed by atoms with van der Waals surface area (Å²) in [6.07, 6.45) is 3.66.